The Bertz CT molecular complexity index is 154. The fraction of sp³-hybridized carbons (Fsp3) is 1.00. The largest absolute Gasteiger partial charge is 0.393 e. The van der Waals surface area contributed by atoms with E-state index < -0.39 is 0 Å². The topological polar surface area (TPSA) is 20.2 Å². The van der Waals surface area contributed by atoms with Gasteiger partial charge in [0.25, 0.3) is 0 Å². The van der Waals surface area contributed by atoms with Gasteiger partial charge in [-0.1, -0.05) is 72.1 Å². The minimum Gasteiger partial charge on any atom is -0.393 e. The first kappa shape index (κ1) is 17.0. The number of aliphatic hydroxyl groups is 1. The summed E-state index contributed by atoms with van der Waals surface area (Å²) in [5.41, 5.74) is 0. The van der Waals surface area contributed by atoms with Crippen molar-refractivity contribution in [2.24, 2.45) is 11.8 Å². The van der Waals surface area contributed by atoms with Crippen molar-refractivity contribution in [1.29, 1.82) is 0 Å². The second-order valence-electron chi connectivity index (χ2n) is 5.97. The minimum absolute atomic E-state index is 0.147. The van der Waals surface area contributed by atoms with Crippen molar-refractivity contribution in [3.8, 4) is 0 Å². The second kappa shape index (κ2) is 11.1. The molecule has 0 amide bonds. The van der Waals surface area contributed by atoms with Gasteiger partial charge in [0.05, 0.1) is 6.10 Å². The van der Waals surface area contributed by atoms with Gasteiger partial charge in [0.15, 0.2) is 0 Å². The van der Waals surface area contributed by atoms with E-state index in [2.05, 4.69) is 20.8 Å². The van der Waals surface area contributed by atoms with E-state index >= 15 is 0 Å². The summed E-state index contributed by atoms with van der Waals surface area (Å²) in [6, 6.07) is 0. The highest BCUT2D eigenvalue weighted by molar-refractivity contribution is 4.64. The molecule has 1 N–H and O–H groups in total. The molecule has 0 aromatic rings. The van der Waals surface area contributed by atoms with E-state index in [1.807, 2.05) is 6.92 Å². The van der Waals surface area contributed by atoms with Crippen LogP contribution in [0.5, 0.6) is 0 Å². The van der Waals surface area contributed by atoms with Crippen LogP contribution < -0.4 is 0 Å². The van der Waals surface area contributed by atoms with E-state index in [0.717, 1.165) is 5.92 Å². The van der Waals surface area contributed by atoms with Gasteiger partial charge in [-0.25, -0.2) is 0 Å². The molecule has 0 radical (unpaired) electrons. The molecular weight excluding hydrogens is 208 g/mol. The van der Waals surface area contributed by atoms with Crippen LogP contribution in [-0.2, 0) is 0 Å². The molecule has 0 spiro atoms. The third-order valence-electron chi connectivity index (χ3n) is 3.90. The van der Waals surface area contributed by atoms with Crippen LogP contribution in [0, 0.1) is 11.8 Å². The zero-order valence-electron chi connectivity index (χ0n) is 12.5. The summed E-state index contributed by atoms with van der Waals surface area (Å²) in [5, 5.41) is 9.46. The molecule has 0 saturated carbocycles. The maximum absolute atomic E-state index is 9.46. The summed E-state index contributed by atoms with van der Waals surface area (Å²) in [4.78, 5) is 0. The lowest BCUT2D eigenvalue weighted by molar-refractivity contribution is 0.119. The standard InChI is InChI=1S/C16H34O/c1-5-6-7-8-9-10-11-12-14(2)13-15(3)16(4)17/h14-17H,5-13H2,1-4H3. The lowest BCUT2D eigenvalue weighted by atomic mass is 9.90. The summed E-state index contributed by atoms with van der Waals surface area (Å²) >= 11 is 0. The van der Waals surface area contributed by atoms with Crippen molar-refractivity contribution in [1.82, 2.24) is 0 Å². The quantitative estimate of drug-likeness (QED) is 0.496. The third kappa shape index (κ3) is 10.8. The highest BCUT2D eigenvalue weighted by Gasteiger charge is 2.12. The van der Waals surface area contributed by atoms with Crippen LogP contribution in [0.1, 0.15) is 85.5 Å². The SMILES string of the molecule is CCCCCCCCCC(C)CC(C)C(C)O. The van der Waals surface area contributed by atoms with Crippen molar-refractivity contribution in [3.63, 3.8) is 0 Å². The monoisotopic (exact) mass is 242 g/mol. The van der Waals surface area contributed by atoms with E-state index in [0.29, 0.717) is 5.92 Å². The minimum atomic E-state index is -0.147. The van der Waals surface area contributed by atoms with Crippen LogP contribution in [-0.4, -0.2) is 11.2 Å². The van der Waals surface area contributed by atoms with Crippen LogP contribution in [0.3, 0.4) is 0 Å². The molecule has 3 atom stereocenters. The molecule has 0 saturated heterocycles. The Morgan fingerprint density at radius 3 is 1.88 bits per heavy atom. The lowest BCUT2D eigenvalue weighted by Gasteiger charge is -2.19. The van der Waals surface area contributed by atoms with Crippen LogP contribution in [0.15, 0.2) is 0 Å². The Balaban J connectivity index is 3.30. The van der Waals surface area contributed by atoms with Crippen molar-refractivity contribution >= 4 is 0 Å². The molecule has 1 nitrogen and oxygen atoms in total. The summed E-state index contributed by atoms with van der Waals surface area (Å²) in [6.07, 6.45) is 12.1. The summed E-state index contributed by atoms with van der Waals surface area (Å²) in [6.45, 7) is 8.66. The lowest BCUT2D eigenvalue weighted by Crippen LogP contribution is -2.16. The van der Waals surface area contributed by atoms with Gasteiger partial charge in [0.2, 0.25) is 0 Å². The van der Waals surface area contributed by atoms with Gasteiger partial charge in [-0.3, -0.25) is 0 Å². The maximum Gasteiger partial charge on any atom is 0.0537 e. The molecule has 1 heteroatoms. The van der Waals surface area contributed by atoms with Gasteiger partial charge in [-0.2, -0.15) is 0 Å². The Labute approximate surface area is 109 Å². The van der Waals surface area contributed by atoms with Gasteiger partial charge >= 0.3 is 0 Å². The average Bonchev–Trinajstić information content (AvgIpc) is 2.27. The number of hydrogen-bond donors (Lipinski definition) is 1. The molecule has 0 aliphatic rings. The highest BCUT2D eigenvalue weighted by atomic mass is 16.3. The fourth-order valence-corrected chi connectivity index (χ4v) is 2.40. The van der Waals surface area contributed by atoms with Crippen molar-refractivity contribution in [3.05, 3.63) is 0 Å². The van der Waals surface area contributed by atoms with Crippen LogP contribution >= 0.6 is 0 Å². The first-order valence-electron chi connectivity index (χ1n) is 7.76. The van der Waals surface area contributed by atoms with Gasteiger partial charge in [-0.05, 0) is 25.2 Å². The molecule has 0 aromatic carbocycles. The van der Waals surface area contributed by atoms with E-state index in [1.165, 1.54) is 57.8 Å². The number of hydrogen-bond acceptors (Lipinski definition) is 1. The van der Waals surface area contributed by atoms with Gasteiger partial charge < -0.3 is 5.11 Å². The fourth-order valence-electron chi connectivity index (χ4n) is 2.40. The second-order valence-corrected chi connectivity index (χ2v) is 5.97. The molecule has 3 unspecified atom stereocenters. The Kier molecular flexibility index (Phi) is 11.0. The van der Waals surface area contributed by atoms with Crippen LogP contribution in [0.25, 0.3) is 0 Å². The summed E-state index contributed by atoms with van der Waals surface area (Å²) in [7, 11) is 0. The zero-order chi connectivity index (χ0) is 13.1. The number of rotatable bonds is 11. The van der Waals surface area contributed by atoms with Gasteiger partial charge in [-0.15, -0.1) is 0 Å². The molecular formula is C16H34O. The summed E-state index contributed by atoms with van der Waals surface area (Å²) < 4.78 is 0. The normalized spacial score (nSPS) is 16.8. The van der Waals surface area contributed by atoms with E-state index in [1.54, 1.807) is 0 Å². The Hall–Kier alpha value is -0.0400. The molecule has 0 fully saturated rings. The first-order chi connectivity index (χ1) is 8.07. The molecule has 0 rings (SSSR count). The predicted molar refractivity (Wildman–Crippen MR) is 77.2 cm³/mol. The molecule has 104 valence electrons. The number of unbranched alkanes of at least 4 members (excludes halogenated alkanes) is 6. The molecule has 17 heavy (non-hydrogen) atoms. The van der Waals surface area contributed by atoms with Gasteiger partial charge in [0.1, 0.15) is 0 Å². The van der Waals surface area contributed by atoms with Crippen molar-refractivity contribution < 1.29 is 5.11 Å². The Morgan fingerprint density at radius 1 is 0.824 bits per heavy atom. The van der Waals surface area contributed by atoms with E-state index in [4.69, 9.17) is 0 Å². The van der Waals surface area contributed by atoms with Crippen LogP contribution in [0.4, 0.5) is 0 Å². The molecule has 0 bridgehead atoms. The smallest absolute Gasteiger partial charge is 0.0537 e. The molecule has 0 aromatic heterocycles. The van der Waals surface area contributed by atoms with Gasteiger partial charge in [0, 0.05) is 0 Å². The van der Waals surface area contributed by atoms with Crippen molar-refractivity contribution in [2.45, 2.75) is 91.6 Å². The molecule has 0 aliphatic heterocycles. The van der Waals surface area contributed by atoms with E-state index in [-0.39, 0.29) is 6.10 Å². The number of aliphatic hydroxyl groups excluding tert-OH is 1. The van der Waals surface area contributed by atoms with E-state index in [9.17, 15) is 5.11 Å². The Morgan fingerprint density at radius 2 is 1.35 bits per heavy atom. The van der Waals surface area contributed by atoms with Crippen molar-refractivity contribution in [2.75, 3.05) is 0 Å². The summed E-state index contributed by atoms with van der Waals surface area (Å²) in [5.74, 6) is 1.23. The highest BCUT2D eigenvalue weighted by Crippen LogP contribution is 2.20. The zero-order valence-corrected chi connectivity index (χ0v) is 12.5. The first-order valence-corrected chi connectivity index (χ1v) is 7.76. The van der Waals surface area contributed by atoms with Crippen LogP contribution in [0.2, 0.25) is 0 Å². The predicted octanol–water partition coefficient (Wildman–Crippen LogP) is 5.17. The maximum atomic E-state index is 9.46. The molecule has 0 aliphatic carbocycles. The third-order valence-corrected chi connectivity index (χ3v) is 3.90. The average molecular weight is 242 g/mol. The molecule has 0 heterocycles.